The first-order chi connectivity index (χ1) is 9.92. The minimum Gasteiger partial charge on any atom is -0.480 e. The number of hydrogen-bond acceptors (Lipinski definition) is 4. The van der Waals surface area contributed by atoms with Crippen LogP contribution in [0.2, 0.25) is 0 Å². The van der Waals surface area contributed by atoms with Crippen molar-refractivity contribution >= 4 is 21.7 Å². The molecule has 0 saturated heterocycles. The Morgan fingerprint density at radius 1 is 1.38 bits per heavy atom. The number of carboxylic acid groups (broad SMARTS) is 1. The zero-order valence-corrected chi connectivity index (χ0v) is 12.3. The summed E-state index contributed by atoms with van der Waals surface area (Å²) < 4.78 is 26.7. The zero-order valence-electron chi connectivity index (χ0n) is 11.5. The largest absolute Gasteiger partial charge is 0.480 e. The van der Waals surface area contributed by atoms with E-state index >= 15 is 0 Å². The summed E-state index contributed by atoms with van der Waals surface area (Å²) in [4.78, 5) is 12.6. The van der Waals surface area contributed by atoms with E-state index in [-0.39, 0.29) is 17.5 Å². The molecule has 0 heterocycles. The molecule has 0 amide bonds. The number of nitrogens with zero attached hydrogens (tertiary/aromatic N) is 1. The van der Waals surface area contributed by atoms with Crippen molar-refractivity contribution in [2.75, 3.05) is 18.0 Å². The topological polar surface area (TPSA) is 86.7 Å². The molecule has 7 heteroatoms. The molecule has 1 aliphatic carbocycles. The molecular weight excluding hydrogens is 292 g/mol. The molecule has 2 rings (SSSR count). The van der Waals surface area contributed by atoms with Crippen LogP contribution in [0, 0.1) is 0 Å². The van der Waals surface area contributed by atoms with Crippen molar-refractivity contribution in [3.63, 3.8) is 0 Å². The Hall–Kier alpha value is -1.86. The van der Waals surface area contributed by atoms with Crippen LogP contribution in [0.3, 0.4) is 0 Å². The molecule has 0 aliphatic heterocycles. The summed E-state index contributed by atoms with van der Waals surface area (Å²) in [5.41, 5.74) is 0.641. The third kappa shape index (κ3) is 4.30. The number of aliphatic carboxylic acids is 1. The van der Waals surface area contributed by atoms with Gasteiger partial charge in [0.05, 0.1) is 4.90 Å². The van der Waals surface area contributed by atoms with E-state index in [1.807, 2.05) is 0 Å². The lowest BCUT2D eigenvalue weighted by molar-refractivity contribution is -0.135. The molecule has 6 nitrogen and oxygen atoms in total. The molecule has 21 heavy (non-hydrogen) atoms. The summed E-state index contributed by atoms with van der Waals surface area (Å²) >= 11 is 0. The maximum absolute atomic E-state index is 12.0. The van der Waals surface area contributed by atoms with Crippen LogP contribution >= 0.6 is 0 Å². The fourth-order valence-corrected chi connectivity index (χ4v) is 3.21. The number of hydrogen-bond donors (Lipinski definition) is 2. The number of rotatable bonds is 8. The lowest BCUT2D eigenvalue weighted by Crippen LogP contribution is -2.30. The van der Waals surface area contributed by atoms with Gasteiger partial charge in [0.25, 0.3) is 0 Å². The smallest absolute Gasteiger partial charge is 0.323 e. The van der Waals surface area contributed by atoms with E-state index in [2.05, 4.69) is 11.3 Å². The second-order valence-electron chi connectivity index (χ2n) is 4.95. The van der Waals surface area contributed by atoms with Gasteiger partial charge in [0.2, 0.25) is 10.0 Å². The van der Waals surface area contributed by atoms with Crippen LogP contribution in [0.15, 0.2) is 41.8 Å². The van der Waals surface area contributed by atoms with E-state index in [1.165, 1.54) is 12.1 Å². The van der Waals surface area contributed by atoms with Gasteiger partial charge in [0.15, 0.2) is 0 Å². The molecule has 1 aliphatic rings. The molecule has 0 atom stereocenters. The van der Waals surface area contributed by atoms with Crippen LogP contribution in [-0.4, -0.2) is 38.6 Å². The van der Waals surface area contributed by atoms with E-state index in [1.54, 1.807) is 23.1 Å². The molecule has 2 N–H and O–H groups in total. The van der Waals surface area contributed by atoms with Crippen molar-refractivity contribution in [2.45, 2.75) is 23.8 Å². The van der Waals surface area contributed by atoms with Gasteiger partial charge in [0, 0.05) is 18.3 Å². The van der Waals surface area contributed by atoms with Crippen molar-refractivity contribution in [1.29, 1.82) is 0 Å². The number of carbonyl (C=O) groups is 1. The Balaban J connectivity index is 2.16. The van der Waals surface area contributed by atoms with Gasteiger partial charge in [-0.1, -0.05) is 6.08 Å². The van der Waals surface area contributed by atoms with Crippen LogP contribution in [0.1, 0.15) is 12.8 Å². The average Bonchev–Trinajstić information content (AvgIpc) is 3.21. The third-order valence-electron chi connectivity index (χ3n) is 3.09. The first-order valence-corrected chi connectivity index (χ1v) is 8.11. The van der Waals surface area contributed by atoms with Gasteiger partial charge in [-0.15, -0.1) is 6.58 Å². The summed E-state index contributed by atoms with van der Waals surface area (Å²) in [6, 6.07) is 6.23. The fourth-order valence-electron chi connectivity index (χ4n) is 1.91. The highest BCUT2D eigenvalue weighted by molar-refractivity contribution is 7.89. The lowest BCUT2D eigenvalue weighted by Gasteiger charge is -2.21. The molecule has 114 valence electrons. The molecule has 1 saturated carbocycles. The van der Waals surface area contributed by atoms with Crippen molar-refractivity contribution in [3.8, 4) is 0 Å². The van der Waals surface area contributed by atoms with Gasteiger partial charge in [0.1, 0.15) is 6.54 Å². The van der Waals surface area contributed by atoms with Gasteiger partial charge in [-0.3, -0.25) is 4.79 Å². The highest BCUT2D eigenvalue weighted by atomic mass is 32.2. The fraction of sp³-hybridized carbons (Fsp3) is 0.357. The van der Waals surface area contributed by atoms with Gasteiger partial charge >= 0.3 is 5.97 Å². The number of anilines is 1. The molecule has 0 bridgehead atoms. The predicted octanol–water partition coefficient (Wildman–Crippen LogP) is 1.20. The van der Waals surface area contributed by atoms with Crippen LogP contribution in [0.25, 0.3) is 0 Å². The van der Waals surface area contributed by atoms with E-state index in [4.69, 9.17) is 5.11 Å². The van der Waals surface area contributed by atoms with Crippen molar-refractivity contribution < 1.29 is 18.3 Å². The van der Waals surface area contributed by atoms with Crippen LogP contribution in [0.4, 0.5) is 5.69 Å². The number of carboxylic acids is 1. The molecule has 0 spiro atoms. The molecule has 0 radical (unpaired) electrons. The third-order valence-corrected chi connectivity index (χ3v) is 4.62. The van der Waals surface area contributed by atoms with E-state index in [9.17, 15) is 13.2 Å². The number of nitrogens with one attached hydrogen (secondary N) is 1. The molecule has 1 aromatic carbocycles. The second-order valence-corrected chi connectivity index (χ2v) is 6.67. The van der Waals surface area contributed by atoms with Gasteiger partial charge in [-0.2, -0.15) is 0 Å². The molecular formula is C14H18N2O4S. The Labute approximate surface area is 124 Å². The standard InChI is InChI=1S/C14H18N2O4S/c1-2-9-16(10-14(17)18)12-5-7-13(8-6-12)21(19,20)15-11-3-4-11/h2,5-8,11,15H,1,3-4,9-10H2,(H,17,18). The van der Waals surface area contributed by atoms with Crippen LogP contribution in [0.5, 0.6) is 0 Å². The van der Waals surface area contributed by atoms with E-state index in [0.717, 1.165) is 12.8 Å². The van der Waals surface area contributed by atoms with Crippen molar-refractivity contribution in [2.24, 2.45) is 0 Å². The highest BCUT2D eigenvalue weighted by Crippen LogP contribution is 2.23. The monoisotopic (exact) mass is 310 g/mol. The number of sulfonamides is 1. The number of benzene rings is 1. The Morgan fingerprint density at radius 3 is 2.48 bits per heavy atom. The van der Waals surface area contributed by atoms with Crippen LogP contribution in [-0.2, 0) is 14.8 Å². The Kier molecular flexibility index (Phi) is 4.64. The van der Waals surface area contributed by atoms with E-state index in [0.29, 0.717) is 12.2 Å². The Morgan fingerprint density at radius 2 is 2.00 bits per heavy atom. The maximum atomic E-state index is 12.0. The molecule has 0 unspecified atom stereocenters. The van der Waals surface area contributed by atoms with Crippen LogP contribution < -0.4 is 9.62 Å². The van der Waals surface area contributed by atoms with Crippen molar-refractivity contribution in [1.82, 2.24) is 4.72 Å². The van der Waals surface area contributed by atoms with Crippen molar-refractivity contribution in [3.05, 3.63) is 36.9 Å². The summed E-state index contributed by atoms with van der Waals surface area (Å²) in [6.45, 7) is 3.79. The summed E-state index contributed by atoms with van der Waals surface area (Å²) in [5, 5.41) is 8.88. The SMILES string of the molecule is C=CCN(CC(=O)O)c1ccc(S(=O)(=O)NC2CC2)cc1. The van der Waals surface area contributed by atoms with Gasteiger partial charge in [-0.05, 0) is 37.1 Å². The maximum Gasteiger partial charge on any atom is 0.323 e. The minimum atomic E-state index is -3.48. The molecule has 1 fully saturated rings. The average molecular weight is 310 g/mol. The normalized spacial score (nSPS) is 14.7. The van der Waals surface area contributed by atoms with E-state index < -0.39 is 16.0 Å². The first-order valence-electron chi connectivity index (χ1n) is 6.62. The summed E-state index contributed by atoms with van der Waals surface area (Å²) in [5.74, 6) is -0.955. The van der Waals surface area contributed by atoms with Gasteiger partial charge in [-0.25, -0.2) is 13.1 Å². The lowest BCUT2D eigenvalue weighted by atomic mass is 10.3. The summed E-state index contributed by atoms with van der Waals surface area (Å²) in [6.07, 6.45) is 3.36. The highest BCUT2D eigenvalue weighted by Gasteiger charge is 2.27. The predicted molar refractivity (Wildman–Crippen MR) is 79.8 cm³/mol. The second kappa shape index (κ2) is 6.28. The van der Waals surface area contributed by atoms with Gasteiger partial charge < -0.3 is 10.0 Å². The minimum absolute atomic E-state index is 0.0546. The summed E-state index contributed by atoms with van der Waals surface area (Å²) in [7, 11) is -3.48. The quantitative estimate of drug-likeness (QED) is 0.705. The Bertz CT molecular complexity index is 621. The zero-order chi connectivity index (χ0) is 15.5. The molecule has 0 aromatic heterocycles. The first kappa shape index (κ1) is 15.5. The molecule has 1 aromatic rings.